The average molecular weight is 418 g/mol. The molecule has 0 aromatic carbocycles. The third-order valence-electron chi connectivity index (χ3n) is 2.76. The minimum atomic E-state index is -4.10. The Hall–Kier alpha value is -0.140. The zero-order valence-corrected chi connectivity index (χ0v) is 14.3. The van der Waals surface area contributed by atoms with Gasteiger partial charge in [0.1, 0.15) is 0 Å². The minimum absolute atomic E-state index is 0.0923. The second-order valence-corrected chi connectivity index (χ2v) is 6.30. The fraction of sp³-hybridized carbons (Fsp3) is 0.615. The van der Waals surface area contributed by atoms with Gasteiger partial charge >= 0.3 is 6.18 Å². The lowest BCUT2D eigenvalue weighted by Crippen LogP contribution is -2.24. The van der Waals surface area contributed by atoms with Crippen LogP contribution in [-0.4, -0.2) is 17.7 Å². The zero-order chi connectivity index (χ0) is 15.2. The van der Waals surface area contributed by atoms with E-state index in [0.717, 1.165) is 27.6 Å². The molecule has 0 bridgehead atoms. The normalized spacial score (nSPS) is 13.5. The maximum Gasteiger partial charge on any atom is 0.389 e. The van der Waals surface area contributed by atoms with E-state index < -0.39 is 12.6 Å². The zero-order valence-electron chi connectivity index (χ0n) is 11.1. The summed E-state index contributed by atoms with van der Waals surface area (Å²) in [6.07, 6.45) is -1.78. The van der Waals surface area contributed by atoms with Crippen LogP contribution in [0.4, 0.5) is 13.2 Å². The third-order valence-corrected chi connectivity index (χ3v) is 3.83. The number of nitrogens with one attached hydrogen (secondary N) is 1. The lowest BCUT2D eigenvalue weighted by Gasteiger charge is -2.19. The van der Waals surface area contributed by atoms with Crippen LogP contribution in [0.2, 0.25) is 0 Å². The Bertz CT molecular complexity index is 425. The highest BCUT2D eigenvalue weighted by Crippen LogP contribution is 2.30. The molecule has 0 aliphatic rings. The molecule has 0 fully saturated rings. The summed E-state index contributed by atoms with van der Waals surface area (Å²) < 4.78 is 38.4. The Morgan fingerprint density at radius 1 is 1.35 bits per heavy atom. The first-order chi connectivity index (χ1) is 9.33. The molecule has 7 heteroatoms. The Kier molecular flexibility index (Phi) is 7.47. The van der Waals surface area contributed by atoms with Crippen LogP contribution >= 0.6 is 31.9 Å². The number of aromatic nitrogens is 1. The van der Waals surface area contributed by atoms with Gasteiger partial charge in [-0.25, -0.2) is 0 Å². The molecule has 0 saturated heterocycles. The summed E-state index contributed by atoms with van der Waals surface area (Å²) in [5.41, 5.74) is 0.754. The van der Waals surface area contributed by atoms with Crippen LogP contribution in [-0.2, 0) is 0 Å². The predicted molar refractivity (Wildman–Crippen MR) is 80.6 cm³/mol. The van der Waals surface area contributed by atoms with Crippen molar-refractivity contribution < 1.29 is 13.2 Å². The number of halogens is 5. The molecule has 0 aliphatic heterocycles. The Balaban J connectivity index is 2.72. The lowest BCUT2D eigenvalue weighted by atomic mass is 10.1. The monoisotopic (exact) mass is 416 g/mol. The number of nitrogens with zero attached hydrogens (tertiary/aromatic N) is 1. The maximum atomic E-state index is 12.2. The summed E-state index contributed by atoms with van der Waals surface area (Å²) in [4.78, 5) is 4.31. The van der Waals surface area contributed by atoms with Crippen LogP contribution in [0.5, 0.6) is 0 Å². The van der Waals surface area contributed by atoms with Crippen molar-refractivity contribution in [2.45, 2.75) is 44.8 Å². The molecule has 0 radical (unpaired) electrons. The van der Waals surface area contributed by atoms with Crippen LogP contribution in [0.15, 0.2) is 21.2 Å². The first kappa shape index (κ1) is 17.9. The van der Waals surface area contributed by atoms with Crippen LogP contribution in [0.3, 0.4) is 0 Å². The van der Waals surface area contributed by atoms with Crippen molar-refractivity contribution >= 4 is 31.9 Å². The van der Waals surface area contributed by atoms with E-state index in [1.807, 2.05) is 13.0 Å². The van der Waals surface area contributed by atoms with E-state index in [9.17, 15) is 13.2 Å². The summed E-state index contributed by atoms with van der Waals surface area (Å²) in [7, 11) is 0. The maximum absolute atomic E-state index is 12.2. The van der Waals surface area contributed by atoms with Gasteiger partial charge < -0.3 is 5.32 Å². The number of alkyl halides is 3. The molecule has 0 saturated carbocycles. The molecule has 1 atom stereocenters. The highest BCUT2D eigenvalue weighted by Gasteiger charge is 2.27. The van der Waals surface area contributed by atoms with Crippen molar-refractivity contribution in [2.75, 3.05) is 6.54 Å². The van der Waals surface area contributed by atoms with Gasteiger partial charge in [0.25, 0.3) is 0 Å². The van der Waals surface area contributed by atoms with E-state index in [2.05, 4.69) is 42.2 Å². The van der Waals surface area contributed by atoms with Crippen molar-refractivity contribution in [3.63, 3.8) is 0 Å². The molecule has 2 nitrogen and oxygen atoms in total. The Morgan fingerprint density at radius 2 is 2.05 bits per heavy atom. The Labute approximate surface area is 133 Å². The van der Waals surface area contributed by atoms with Crippen LogP contribution in [0.25, 0.3) is 0 Å². The Morgan fingerprint density at radius 3 is 2.60 bits per heavy atom. The second kappa shape index (κ2) is 8.34. The largest absolute Gasteiger partial charge is 0.389 e. The second-order valence-electron chi connectivity index (χ2n) is 4.53. The van der Waals surface area contributed by atoms with Crippen molar-refractivity contribution in [3.05, 3.63) is 26.9 Å². The van der Waals surface area contributed by atoms with Gasteiger partial charge in [0.15, 0.2) is 0 Å². The molecule has 0 spiro atoms. The standard InChI is InChI=1S/C13H17Br2F3N2/c1-2-6-19-11(4-3-5-13(16,17)18)12-10(15)7-9(14)8-20-12/h7-8,11,19H,2-6H2,1H3. The van der Waals surface area contributed by atoms with Crippen molar-refractivity contribution in [1.82, 2.24) is 10.3 Å². The molecule has 1 rings (SSSR count). The number of rotatable bonds is 7. The van der Waals surface area contributed by atoms with E-state index in [-0.39, 0.29) is 12.5 Å². The van der Waals surface area contributed by atoms with E-state index in [0.29, 0.717) is 6.42 Å². The molecule has 20 heavy (non-hydrogen) atoms. The molecule has 0 amide bonds. The molecule has 114 valence electrons. The van der Waals surface area contributed by atoms with Crippen LogP contribution in [0.1, 0.15) is 44.3 Å². The number of pyridine rings is 1. The van der Waals surface area contributed by atoms with Gasteiger partial charge in [-0.05, 0) is 63.7 Å². The van der Waals surface area contributed by atoms with Gasteiger partial charge in [0, 0.05) is 21.6 Å². The van der Waals surface area contributed by atoms with Gasteiger partial charge in [-0.15, -0.1) is 0 Å². The topological polar surface area (TPSA) is 24.9 Å². The minimum Gasteiger partial charge on any atom is -0.309 e. The molecule has 1 N–H and O–H groups in total. The molecule has 1 unspecified atom stereocenters. The molecule has 0 aliphatic carbocycles. The van der Waals surface area contributed by atoms with E-state index in [1.54, 1.807) is 6.20 Å². The predicted octanol–water partition coefficient (Wildman–Crippen LogP) is 5.38. The summed E-state index contributed by atoms with van der Waals surface area (Å²) in [5, 5.41) is 3.26. The van der Waals surface area contributed by atoms with Crippen LogP contribution < -0.4 is 5.32 Å². The van der Waals surface area contributed by atoms with Crippen molar-refractivity contribution in [2.24, 2.45) is 0 Å². The van der Waals surface area contributed by atoms with Crippen molar-refractivity contribution in [3.8, 4) is 0 Å². The summed E-state index contributed by atoms with van der Waals surface area (Å²) >= 11 is 6.73. The highest BCUT2D eigenvalue weighted by atomic mass is 79.9. The van der Waals surface area contributed by atoms with E-state index >= 15 is 0 Å². The molecular weight excluding hydrogens is 401 g/mol. The molecule has 1 aromatic heterocycles. The van der Waals surface area contributed by atoms with Gasteiger partial charge in [-0.3, -0.25) is 4.98 Å². The quantitative estimate of drug-likeness (QED) is 0.644. The summed E-state index contributed by atoms with van der Waals surface area (Å²) in [5.74, 6) is 0. The number of hydrogen-bond acceptors (Lipinski definition) is 2. The molecule has 1 heterocycles. The summed E-state index contributed by atoms with van der Waals surface area (Å²) in [6, 6.07) is 1.69. The molecule has 1 aromatic rings. The van der Waals surface area contributed by atoms with Gasteiger partial charge in [0.2, 0.25) is 0 Å². The van der Waals surface area contributed by atoms with Gasteiger partial charge in [0.05, 0.1) is 11.7 Å². The summed E-state index contributed by atoms with van der Waals surface area (Å²) in [6.45, 7) is 2.77. The van der Waals surface area contributed by atoms with Crippen LogP contribution in [0, 0.1) is 0 Å². The van der Waals surface area contributed by atoms with Gasteiger partial charge in [-0.2, -0.15) is 13.2 Å². The van der Waals surface area contributed by atoms with E-state index in [4.69, 9.17) is 0 Å². The van der Waals surface area contributed by atoms with Crippen molar-refractivity contribution in [1.29, 1.82) is 0 Å². The number of hydrogen-bond donors (Lipinski definition) is 1. The van der Waals surface area contributed by atoms with E-state index in [1.165, 1.54) is 0 Å². The smallest absolute Gasteiger partial charge is 0.309 e. The highest BCUT2D eigenvalue weighted by molar-refractivity contribution is 9.11. The first-order valence-electron chi connectivity index (χ1n) is 6.44. The fourth-order valence-electron chi connectivity index (χ4n) is 1.84. The first-order valence-corrected chi connectivity index (χ1v) is 8.03. The molecular formula is C13H17Br2F3N2. The fourth-order valence-corrected chi connectivity index (χ4v) is 3.11. The lowest BCUT2D eigenvalue weighted by molar-refractivity contribution is -0.135. The SMILES string of the molecule is CCCNC(CCCC(F)(F)F)c1ncc(Br)cc1Br. The average Bonchev–Trinajstić information content (AvgIpc) is 2.33. The van der Waals surface area contributed by atoms with Gasteiger partial charge in [-0.1, -0.05) is 6.92 Å². The third kappa shape index (κ3) is 6.54.